The summed E-state index contributed by atoms with van der Waals surface area (Å²) < 4.78 is 32.4. The highest BCUT2D eigenvalue weighted by Gasteiger charge is 2.30. The third-order valence-corrected chi connectivity index (χ3v) is 7.84. The number of hydrogen-bond donors (Lipinski definition) is 0. The molecule has 2 aliphatic rings. The summed E-state index contributed by atoms with van der Waals surface area (Å²) in [6.45, 7) is 3.67. The highest BCUT2D eigenvalue weighted by Crippen LogP contribution is 2.33. The molecule has 2 aromatic carbocycles. The summed E-state index contributed by atoms with van der Waals surface area (Å²) in [5, 5.41) is 20.9. The first kappa shape index (κ1) is 23.0. The van der Waals surface area contributed by atoms with Gasteiger partial charge in [0.25, 0.3) is 5.69 Å². The van der Waals surface area contributed by atoms with E-state index in [9.17, 15) is 18.5 Å². The molecule has 0 amide bonds. The fourth-order valence-electron chi connectivity index (χ4n) is 4.18. The Kier molecular flexibility index (Phi) is 6.78. The van der Waals surface area contributed by atoms with Crippen LogP contribution >= 0.6 is 0 Å². The minimum absolute atomic E-state index is 0.0751. The van der Waals surface area contributed by atoms with Crippen LogP contribution in [0.3, 0.4) is 0 Å². The summed E-state index contributed by atoms with van der Waals surface area (Å²) in [6.07, 6.45) is 0.783. The molecule has 11 heteroatoms. The van der Waals surface area contributed by atoms with Gasteiger partial charge in [0.15, 0.2) is 0 Å². The number of nitro groups is 1. The van der Waals surface area contributed by atoms with Crippen LogP contribution in [-0.2, 0) is 14.8 Å². The summed E-state index contributed by atoms with van der Waals surface area (Å²) in [5.74, 6) is 0. The molecular weight excluding hydrogens is 446 g/mol. The van der Waals surface area contributed by atoms with E-state index in [0.717, 1.165) is 18.7 Å². The molecule has 0 radical (unpaired) electrons. The van der Waals surface area contributed by atoms with Gasteiger partial charge in [-0.05, 0) is 42.8 Å². The Bertz CT molecular complexity index is 1160. The van der Waals surface area contributed by atoms with Gasteiger partial charge < -0.3 is 14.5 Å². The molecule has 33 heavy (non-hydrogen) atoms. The lowest BCUT2D eigenvalue weighted by atomic mass is 10.2. The quantitative estimate of drug-likeness (QED) is 0.481. The fourth-order valence-corrected chi connectivity index (χ4v) is 5.61. The molecule has 0 aliphatic carbocycles. The second-order valence-corrected chi connectivity index (χ2v) is 9.85. The first-order valence-corrected chi connectivity index (χ1v) is 12.2. The number of nitrogens with zero attached hydrogens (tertiary/aromatic N) is 5. The zero-order valence-corrected chi connectivity index (χ0v) is 18.9. The molecule has 10 nitrogen and oxygen atoms in total. The Labute approximate surface area is 192 Å². The SMILES string of the molecule is N#Cc1ccc(N2CCCN(c3ccc(S(=O)(=O)N4CCOCC4)cc3[N+](=O)[O-])CC2)cc1. The molecule has 0 unspecified atom stereocenters. The summed E-state index contributed by atoms with van der Waals surface area (Å²) >= 11 is 0. The number of nitro benzene ring substituents is 1. The molecule has 0 aromatic heterocycles. The van der Waals surface area contributed by atoms with E-state index < -0.39 is 14.9 Å². The van der Waals surface area contributed by atoms with Gasteiger partial charge in [-0.3, -0.25) is 10.1 Å². The summed E-state index contributed by atoms with van der Waals surface area (Å²) in [5.41, 5.74) is 1.80. The van der Waals surface area contributed by atoms with Gasteiger partial charge in [0, 0.05) is 51.0 Å². The van der Waals surface area contributed by atoms with Crippen molar-refractivity contribution >= 4 is 27.1 Å². The van der Waals surface area contributed by atoms with Crippen LogP contribution in [0.5, 0.6) is 0 Å². The largest absolute Gasteiger partial charge is 0.379 e. The van der Waals surface area contributed by atoms with Crippen molar-refractivity contribution in [1.82, 2.24) is 4.31 Å². The van der Waals surface area contributed by atoms with Gasteiger partial charge in [-0.2, -0.15) is 9.57 Å². The van der Waals surface area contributed by atoms with Crippen LogP contribution in [0.15, 0.2) is 47.4 Å². The summed E-state index contributed by atoms with van der Waals surface area (Å²) in [6, 6.07) is 13.6. The van der Waals surface area contributed by atoms with Crippen molar-refractivity contribution in [3.8, 4) is 6.07 Å². The van der Waals surface area contributed by atoms with Crippen LogP contribution in [0.4, 0.5) is 17.1 Å². The Morgan fingerprint density at radius 3 is 2.27 bits per heavy atom. The zero-order valence-electron chi connectivity index (χ0n) is 18.1. The van der Waals surface area contributed by atoms with Crippen molar-refractivity contribution in [1.29, 1.82) is 5.26 Å². The van der Waals surface area contributed by atoms with Gasteiger partial charge in [0.05, 0.1) is 34.7 Å². The maximum absolute atomic E-state index is 13.0. The Morgan fingerprint density at radius 2 is 1.61 bits per heavy atom. The third-order valence-electron chi connectivity index (χ3n) is 5.95. The van der Waals surface area contributed by atoms with Crippen LogP contribution in [-0.4, -0.2) is 70.1 Å². The van der Waals surface area contributed by atoms with Crippen LogP contribution < -0.4 is 9.80 Å². The average Bonchev–Trinajstić information content (AvgIpc) is 3.10. The highest BCUT2D eigenvalue weighted by molar-refractivity contribution is 7.89. The molecule has 0 N–H and O–H groups in total. The monoisotopic (exact) mass is 471 g/mol. The van der Waals surface area contributed by atoms with Gasteiger partial charge in [0.2, 0.25) is 10.0 Å². The first-order valence-electron chi connectivity index (χ1n) is 10.8. The summed E-state index contributed by atoms with van der Waals surface area (Å²) in [7, 11) is -3.82. The molecule has 0 spiro atoms. The topological polar surface area (TPSA) is 120 Å². The third kappa shape index (κ3) is 4.93. The van der Waals surface area contributed by atoms with Crippen molar-refractivity contribution in [2.75, 3.05) is 62.3 Å². The number of anilines is 2. The molecule has 2 heterocycles. The zero-order chi connectivity index (χ0) is 23.4. The number of nitriles is 1. The number of benzene rings is 2. The molecule has 2 aromatic rings. The van der Waals surface area contributed by atoms with Crippen LogP contribution in [0.2, 0.25) is 0 Å². The molecule has 0 saturated carbocycles. The van der Waals surface area contributed by atoms with Crippen LogP contribution in [0, 0.1) is 21.4 Å². The Balaban J connectivity index is 1.55. The van der Waals surface area contributed by atoms with Crippen molar-refractivity contribution in [2.45, 2.75) is 11.3 Å². The van der Waals surface area contributed by atoms with E-state index in [-0.39, 0.29) is 23.7 Å². The second kappa shape index (κ2) is 9.74. The van der Waals surface area contributed by atoms with E-state index in [4.69, 9.17) is 10.00 Å². The Morgan fingerprint density at radius 1 is 0.939 bits per heavy atom. The standard InChI is InChI=1S/C22H25N5O5S/c23-17-18-2-4-19(5-3-18)24-8-1-9-25(11-10-24)21-7-6-20(16-22(21)27(28)29)33(30,31)26-12-14-32-15-13-26/h2-7,16H,1,8-15H2. The van der Waals surface area contributed by atoms with Crippen molar-refractivity contribution in [2.24, 2.45) is 0 Å². The number of sulfonamides is 1. The van der Waals surface area contributed by atoms with E-state index in [1.165, 1.54) is 16.4 Å². The number of ether oxygens (including phenoxy) is 1. The van der Waals surface area contributed by atoms with Crippen molar-refractivity contribution in [3.05, 3.63) is 58.1 Å². The predicted molar refractivity (Wildman–Crippen MR) is 123 cm³/mol. The van der Waals surface area contributed by atoms with Gasteiger partial charge in [-0.15, -0.1) is 0 Å². The lowest BCUT2D eigenvalue weighted by Crippen LogP contribution is -2.40. The first-order chi connectivity index (χ1) is 15.9. The molecule has 174 valence electrons. The highest BCUT2D eigenvalue weighted by atomic mass is 32.2. The maximum atomic E-state index is 13.0. The van der Waals surface area contributed by atoms with E-state index >= 15 is 0 Å². The Hall–Kier alpha value is -3.20. The molecular formula is C22H25N5O5S. The van der Waals surface area contributed by atoms with Crippen LogP contribution in [0.25, 0.3) is 0 Å². The van der Waals surface area contributed by atoms with Gasteiger partial charge >= 0.3 is 0 Å². The molecule has 4 rings (SSSR count). The second-order valence-electron chi connectivity index (χ2n) is 7.91. The smallest absolute Gasteiger partial charge is 0.293 e. The predicted octanol–water partition coefficient (Wildman–Crippen LogP) is 2.20. The lowest BCUT2D eigenvalue weighted by Gasteiger charge is -2.27. The maximum Gasteiger partial charge on any atom is 0.293 e. The van der Waals surface area contributed by atoms with E-state index in [1.807, 2.05) is 17.0 Å². The van der Waals surface area contributed by atoms with E-state index in [2.05, 4.69) is 11.0 Å². The number of morpholine rings is 1. The van der Waals surface area contributed by atoms with Crippen LogP contribution in [0.1, 0.15) is 12.0 Å². The molecule has 2 aliphatic heterocycles. The van der Waals surface area contributed by atoms with E-state index in [1.54, 1.807) is 18.2 Å². The number of rotatable bonds is 5. The summed E-state index contributed by atoms with van der Waals surface area (Å²) in [4.78, 5) is 15.4. The molecule has 2 saturated heterocycles. The molecule has 0 bridgehead atoms. The average molecular weight is 472 g/mol. The van der Waals surface area contributed by atoms with Gasteiger partial charge in [-0.25, -0.2) is 8.42 Å². The van der Waals surface area contributed by atoms with Gasteiger partial charge in [-0.1, -0.05) is 0 Å². The fraction of sp³-hybridized carbons (Fsp3) is 0.409. The van der Waals surface area contributed by atoms with Crippen molar-refractivity contribution < 1.29 is 18.1 Å². The molecule has 2 fully saturated rings. The number of hydrogen-bond acceptors (Lipinski definition) is 8. The normalized spacial score (nSPS) is 17.9. The van der Waals surface area contributed by atoms with Crippen molar-refractivity contribution in [3.63, 3.8) is 0 Å². The van der Waals surface area contributed by atoms with Gasteiger partial charge in [0.1, 0.15) is 5.69 Å². The minimum Gasteiger partial charge on any atom is -0.379 e. The minimum atomic E-state index is -3.82. The molecule has 0 atom stereocenters. The van der Waals surface area contributed by atoms with E-state index in [0.29, 0.717) is 44.1 Å². The lowest BCUT2D eigenvalue weighted by molar-refractivity contribution is -0.384.